The van der Waals surface area contributed by atoms with E-state index in [9.17, 15) is 9.59 Å². The average Bonchev–Trinajstić information content (AvgIpc) is 3.43. The molecule has 30 heavy (non-hydrogen) atoms. The van der Waals surface area contributed by atoms with Gasteiger partial charge in [0.25, 0.3) is 5.91 Å². The van der Waals surface area contributed by atoms with Crippen molar-refractivity contribution in [3.05, 3.63) is 77.4 Å². The summed E-state index contributed by atoms with van der Waals surface area (Å²) < 4.78 is 1.72. The molecule has 7 nitrogen and oxygen atoms in total. The molecular weight excluding hydrogens is 398 g/mol. The monoisotopic (exact) mass is 421 g/mol. The third-order valence-corrected chi connectivity index (χ3v) is 6.24. The highest BCUT2D eigenvalue weighted by Gasteiger charge is 2.35. The second-order valence-corrected chi connectivity index (χ2v) is 8.37. The second-order valence-electron chi connectivity index (χ2n) is 7.37. The highest BCUT2D eigenvalue weighted by atomic mass is 32.2. The van der Waals surface area contributed by atoms with Gasteiger partial charge in [-0.2, -0.15) is 5.10 Å². The smallest absolute Gasteiger partial charge is 0.255 e. The van der Waals surface area contributed by atoms with Crippen LogP contribution in [-0.4, -0.2) is 49.2 Å². The van der Waals surface area contributed by atoms with E-state index in [1.165, 1.54) is 11.9 Å². The van der Waals surface area contributed by atoms with Crippen molar-refractivity contribution in [3.8, 4) is 0 Å². The van der Waals surface area contributed by atoms with E-state index in [1.54, 1.807) is 39.8 Å². The maximum atomic E-state index is 13.0. The zero-order chi connectivity index (χ0) is 21.1. The minimum Gasteiger partial charge on any atom is -0.324 e. The van der Waals surface area contributed by atoms with E-state index < -0.39 is 6.04 Å². The molecule has 1 N–H and O–H groups in total. The molecule has 1 aliphatic rings. The number of hydrogen-bond donors (Lipinski definition) is 1. The van der Waals surface area contributed by atoms with Crippen LogP contribution in [0.5, 0.6) is 0 Å². The van der Waals surface area contributed by atoms with Crippen LogP contribution in [0.3, 0.4) is 0 Å². The first-order valence-corrected chi connectivity index (χ1v) is 10.8. The predicted molar refractivity (Wildman–Crippen MR) is 117 cm³/mol. The Hall–Kier alpha value is -3.13. The number of hydrogen-bond acceptors (Lipinski definition) is 5. The number of aromatic nitrogens is 3. The fraction of sp³-hybridized carbons (Fsp3) is 0.273. The Morgan fingerprint density at radius 2 is 1.93 bits per heavy atom. The van der Waals surface area contributed by atoms with E-state index in [0.29, 0.717) is 23.7 Å². The lowest BCUT2D eigenvalue weighted by Gasteiger charge is -2.23. The van der Waals surface area contributed by atoms with Crippen LogP contribution in [0.25, 0.3) is 0 Å². The average molecular weight is 422 g/mol. The number of nitrogens with zero attached hydrogens (tertiary/aromatic N) is 4. The number of anilines is 1. The van der Waals surface area contributed by atoms with E-state index in [-0.39, 0.29) is 11.8 Å². The van der Waals surface area contributed by atoms with Crippen LogP contribution in [0, 0.1) is 13.8 Å². The summed E-state index contributed by atoms with van der Waals surface area (Å²) in [6.07, 6.45) is 3.14. The standard InChI is InChI=1S/C22H23N5O2S/c1-15-3-8-19(9-16(15)2)25-21(28)20-11-30-14-27(20)22(29)18-6-4-17(5-7-18)10-26-13-23-12-24-26/h3-9,12-13,20H,10-11,14H2,1-2H3,(H,25,28). The summed E-state index contributed by atoms with van der Waals surface area (Å²) >= 11 is 1.59. The molecule has 1 unspecified atom stereocenters. The Morgan fingerprint density at radius 3 is 2.63 bits per heavy atom. The van der Waals surface area contributed by atoms with Gasteiger partial charge in [-0.25, -0.2) is 9.67 Å². The number of benzene rings is 2. The first-order chi connectivity index (χ1) is 14.5. The van der Waals surface area contributed by atoms with Crippen molar-refractivity contribution in [1.29, 1.82) is 0 Å². The van der Waals surface area contributed by atoms with Crippen molar-refractivity contribution in [2.45, 2.75) is 26.4 Å². The van der Waals surface area contributed by atoms with Crippen LogP contribution in [0.4, 0.5) is 5.69 Å². The molecule has 0 radical (unpaired) electrons. The van der Waals surface area contributed by atoms with Gasteiger partial charge in [-0.3, -0.25) is 9.59 Å². The van der Waals surface area contributed by atoms with Crippen molar-refractivity contribution >= 4 is 29.3 Å². The molecule has 1 atom stereocenters. The van der Waals surface area contributed by atoms with Crippen LogP contribution < -0.4 is 5.32 Å². The molecule has 2 amide bonds. The van der Waals surface area contributed by atoms with E-state index in [4.69, 9.17) is 0 Å². The lowest BCUT2D eigenvalue weighted by atomic mass is 10.1. The lowest BCUT2D eigenvalue weighted by Crippen LogP contribution is -2.44. The molecule has 154 valence electrons. The number of amides is 2. The van der Waals surface area contributed by atoms with Gasteiger partial charge in [0.15, 0.2) is 0 Å². The fourth-order valence-corrected chi connectivity index (χ4v) is 4.48. The molecule has 1 aliphatic heterocycles. The fourth-order valence-electron chi connectivity index (χ4n) is 3.32. The minimum absolute atomic E-state index is 0.132. The van der Waals surface area contributed by atoms with E-state index >= 15 is 0 Å². The van der Waals surface area contributed by atoms with Gasteiger partial charge in [-0.15, -0.1) is 11.8 Å². The molecule has 0 bridgehead atoms. The van der Waals surface area contributed by atoms with E-state index in [2.05, 4.69) is 15.4 Å². The zero-order valence-corrected chi connectivity index (χ0v) is 17.7. The Balaban J connectivity index is 1.43. The van der Waals surface area contributed by atoms with Crippen LogP contribution in [0.1, 0.15) is 27.0 Å². The quantitative estimate of drug-likeness (QED) is 0.685. The summed E-state index contributed by atoms with van der Waals surface area (Å²) in [4.78, 5) is 31.5. The van der Waals surface area contributed by atoms with Gasteiger partial charge in [-0.1, -0.05) is 18.2 Å². The van der Waals surface area contributed by atoms with Crippen molar-refractivity contribution in [1.82, 2.24) is 19.7 Å². The Kier molecular flexibility index (Phi) is 5.85. The van der Waals surface area contributed by atoms with Gasteiger partial charge < -0.3 is 10.2 Å². The summed E-state index contributed by atoms with van der Waals surface area (Å²) in [5.41, 5.74) is 4.64. The van der Waals surface area contributed by atoms with E-state index in [0.717, 1.165) is 16.8 Å². The Labute approximate surface area is 179 Å². The summed E-state index contributed by atoms with van der Waals surface area (Å²) in [7, 11) is 0. The van der Waals surface area contributed by atoms with Gasteiger partial charge in [0.2, 0.25) is 5.91 Å². The number of rotatable bonds is 5. The number of thioether (sulfide) groups is 1. The van der Waals surface area contributed by atoms with Gasteiger partial charge in [0.05, 0.1) is 12.4 Å². The number of carbonyl (C=O) groups is 2. The molecule has 2 aromatic carbocycles. The maximum absolute atomic E-state index is 13.0. The molecule has 1 fully saturated rings. The summed E-state index contributed by atoms with van der Waals surface area (Å²) in [5.74, 6) is 0.809. The van der Waals surface area contributed by atoms with Gasteiger partial charge in [-0.05, 0) is 54.8 Å². The SMILES string of the molecule is Cc1ccc(NC(=O)C2CSCN2C(=O)c2ccc(Cn3cncn3)cc2)cc1C. The van der Waals surface area contributed by atoms with Crippen LogP contribution in [0.2, 0.25) is 0 Å². The number of carbonyl (C=O) groups excluding carboxylic acids is 2. The summed E-state index contributed by atoms with van der Waals surface area (Å²) in [6.45, 7) is 4.64. The van der Waals surface area contributed by atoms with Crippen molar-refractivity contribution in [3.63, 3.8) is 0 Å². The minimum atomic E-state index is -0.487. The molecule has 1 aromatic heterocycles. The molecule has 0 aliphatic carbocycles. The molecule has 2 heterocycles. The normalized spacial score (nSPS) is 15.9. The Morgan fingerprint density at radius 1 is 1.13 bits per heavy atom. The van der Waals surface area contributed by atoms with Crippen LogP contribution >= 0.6 is 11.8 Å². The van der Waals surface area contributed by atoms with Crippen LogP contribution in [0.15, 0.2) is 55.1 Å². The highest BCUT2D eigenvalue weighted by Crippen LogP contribution is 2.25. The van der Waals surface area contributed by atoms with E-state index in [1.807, 2.05) is 44.2 Å². The molecule has 3 aromatic rings. The lowest BCUT2D eigenvalue weighted by molar-refractivity contribution is -0.119. The van der Waals surface area contributed by atoms with Gasteiger partial charge in [0.1, 0.15) is 18.7 Å². The van der Waals surface area contributed by atoms with Crippen molar-refractivity contribution in [2.75, 3.05) is 16.9 Å². The van der Waals surface area contributed by atoms with Gasteiger partial charge in [0, 0.05) is 17.0 Å². The Bertz CT molecular complexity index is 1050. The first kappa shape index (κ1) is 20.2. The van der Waals surface area contributed by atoms with Gasteiger partial charge >= 0.3 is 0 Å². The molecule has 8 heteroatoms. The second kappa shape index (κ2) is 8.71. The molecule has 0 saturated carbocycles. The molecule has 1 saturated heterocycles. The summed E-state index contributed by atoms with van der Waals surface area (Å²) in [6, 6.07) is 12.8. The zero-order valence-electron chi connectivity index (χ0n) is 16.9. The van der Waals surface area contributed by atoms with Crippen molar-refractivity contribution in [2.24, 2.45) is 0 Å². The summed E-state index contributed by atoms with van der Waals surface area (Å²) in [5, 5.41) is 7.05. The number of nitrogens with one attached hydrogen (secondary N) is 1. The topological polar surface area (TPSA) is 80.1 Å². The highest BCUT2D eigenvalue weighted by molar-refractivity contribution is 7.99. The molecular formula is C22H23N5O2S. The molecule has 0 spiro atoms. The van der Waals surface area contributed by atoms with Crippen molar-refractivity contribution < 1.29 is 9.59 Å². The number of aryl methyl sites for hydroxylation is 2. The maximum Gasteiger partial charge on any atom is 0.255 e. The predicted octanol–water partition coefficient (Wildman–Crippen LogP) is 3.10. The van der Waals surface area contributed by atoms with Crippen LogP contribution in [-0.2, 0) is 11.3 Å². The third-order valence-electron chi connectivity index (χ3n) is 5.23. The third kappa shape index (κ3) is 4.38. The largest absolute Gasteiger partial charge is 0.324 e. The first-order valence-electron chi connectivity index (χ1n) is 9.69. The molecule has 4 rings (SSSR count).